The van der Waals surface area contributed by atoms with Crippen LogP contribution in [-0.2, 0) is 28.1 Å². The number of carbonyl (C=O) groups is 2. The second kappa shape index (κ2) is 8.94. The quantitative estimate of drug-likeness (QED) is 0.806. The van der Waals surface area contributed by atoms with Crippen LogP contribution in [-0.4, -0.2) is 54.0 Å². The van der Waals surface area contributed by atoms with Gasteiger partial charge >= 0.3 is 6.09 Å². The van der Waals surface area contributed by atoms with Gasteiger partial charge in [0, 0.05) is 38.1 Å². The monoisotopic (exact) mass is 433 g/mol. The lowest BCUT2D eigenvalue weighted by atomic mass is 9.69. The fourth-order valence-corrected chi connectivity index (χ4v) is 5.58. The summed E-state index contributed by atoms with van der Waals surface area (Å²) in [6, 6.07) is 17.9. The number of likely N-dealkylation sites (tertiary alicyclic amines) is 2. The Labute approximate surface area is 189 Å². The van der Waals surface area contributed by atoms with Gasteiger partial charge in [0.25, 0.3) is 0 Å². The van der Waals surface area contributed by atoms with E-state index in [9.17, 15) is 9.59 Å². The molecule has 5 rings (SSSR count). The minimum atomic E-state index is -0.399. The molecule has 0 bridgehead atoms. The Balaban J connectivity index is 1.21. The molecule has 32 heavy (non-hydrogen) atoms. The fraction of sp³-hybridized carbons (Fsp3) is 0.462. The van der Waals surface area contributed by atoms with Crippen LogP contribution in [0.4, 0.5) is 4.79 Å². The van der Waals surface area contributed by atoms with Crippen molar-refractivity contribution in [1.82, 2.24) is 15.1 Å². The molecule has 0 aromatic heterocycles. The number of benzene rings is 2. The van der Waals surface area contributed by atoms with Crippen LogP contribution >= 0.6 is 0 Å². The van der Waals surface area contributed by atoms with Gasteiger partial charge in [-0.15, -0.1) is 0 Å². The van der Waals surface area contributed by atoms with E-state index >= 15 is 0 Å². The summed E-state index contributed by atoms with van der Waals surface area (Å²) >= 11 is 0. The summed E-state index contributed by atoms with van der Waals surface area (Å²) in [7, 11) is 0. The van der Waals surface area contributed by atoms with Gasteiger partial charge in [0.1, 0.15) is 12.6 Å². The number of carbonyl (C=O) groups excluding carboxylic acids is 2. The van der Waals surface area contributed by atoms with Gasteiger partial charge in [-0.2, -0.15) is 0 Å². The summed E-state index contributed by atoms with van der Waals surface area (Å²) in [6.07, 6.45) is 3.07. The molecule has 1 N–H and O–H groups in total. The Hall–Kier alpha value is -2.86. The van der Waals surface area contributed by atoms with Crippen LogP contribution in [0.3, 0.4) is 0 Å². The minimum Gasteiger partial charge on any atom is -0.445 e. The topological polar surface area (TPSA) is 61.9 Å². The molecule has 0 aliphatic carbocycles. The van der Waals surface area contributed by atoms with Gasteiger partial charge in [-0.05, 0) is 42.4 Å². The molecule has 3 aliphatic heterocycles. The number of hydrogen-bond donors (Lipinski definition) is 1. The van der Waals surface area contributed by atoms with Gasteiger partial charge in [0.05, 0.1) is 0 Å². The maximum Gasteiger partial charge on any atom is 0.410 e. The van der Waals surface area contributed by atoms with Crippen molar-refractivity contribution in [2.75, 3.05) is 26.2 Å². The number of nitrogens with one attached hydrogen (secondary N) is 1. The fourth-order valence-electron chi connectivity index (χ4n) is 5.58. The zero-order valence-corrected chi connectivity index (χ0v) is 18.5. The summed E-state index contributed by atoms with van der Waals surface area (Å²) in [5.41, 5.74) is 3.88. The molecule has 6 heteroatoms. The second-order valence-electron chi connectivity index (χ2n) is 9.26. The van der Waals surface area contributed by atoms with E-state index < -0.39 is 6.04 Å². The summed E-state index contributed by atoms with van der Waals surface area (Å²) in [6.45, 7) is 4.17. The Bertz CT molecular complexity index is 969. The van der Waals surface area contributed by atoms with Crippen molar-refractivity contribution in [2.45, 2.75) is 50.3 Å². The molecule has 1 spiro atoms. The smallest absolute Gasteiger partial charge is 0.410 e. The molecular weight excluding hydrogens is 402 g/mol. The number of ether oxygens (including phenoxy) is 1. The third kappa shape index (κ3) is 3.99. The molecule has 2 saturated heterocycles. The van der Waals surface area contributed by atoms with Crippen molar-refractivity contribution < 1.29 is 14.3 Å². The number of rotatable bonds is 3. The zero-order valence-electron chi connectivity index (χ0n) is 18.5. The lowest BCUT2D eigenvalue weighted by molar-refractivity contribution is -0.137. The molecule has 3 aliphatic rings. The Morgan fingerprint density at radius 1 is 1.00 bits per heavy atom. The molecule has 1 atom stereocenters. The van der Waals surface area contributed by atoms with E-state index in [1.807, 2.05) is 35.2 Å². The molecule has 0 radical (unpaired) electrons. The van der Waals surface area contributed by atoms with Crippen LogP contribution < -0.4 is 5.32 Å². The highest BCUT2D eigenvalue weighted by molar-refractivity contribution is 5.86. The first-order valence-electron chi connectivity index (χ1n) is 11.7. The number of nitrogens with zero attached hydrogens (tertiary/aromatic N) is 2. The van der Waals surface area contributed by atoms with Gasteiger partial charge in [0.2, 0.25) is 5.91 Å². The standard InChI is InChI=1S/C26H31N3O3/c30-24(23-11-6-14-29(23)25(31)32-18-20-7-2-1-3-8-20)28-15-12-26(13-16-28)19-27-17-21-9-4-5-10-22(21)26/h1-5,7-10,23,27H,6,11-19H2/t23-/m0/s1. The highest BCUT2D eigenvalue weighted by Gasteiger charge is 2.43. The van der Waals surface area contributed by atoms with Crippen LogP contribution in [0.2, 0.25) is 0 Å². The number of piperidine rings is 1. The summed E-state index contributed by atoms with van der Waals surface area (Å²) in [5.74, 6) is 0.0751. The first-order valence-corrected chi connectivity index (χ1v) is 11.7. The number of hydrogen-bond acceptors (Lipinski definition) is 4. The highest BCUT2D eigenvalue weighted by atomic mass is 16.6. The summed E-state index contributed by atoms with van der Waals surface area (Å²) in [4.78, 5) is 29.7. The zero-order chi connectivity index (χ0) is 22.0. The molecule has 2 fully saturated rings. The number of amides is 2. The molecule has 168 valence electrons. The first-order chi connectivity index (χ1) is 15.7. The maximum atomic E-state index is 13.4. The van der Waals surface area contributed by atoms with E-state index in [0.29, 0.717) is 13.0 Å². The predicted molar refractivity (Wildman–Crippen MR) is 122 cm³/mol. The average Bonchev–Trinajstić information content (AvgIpc) is 3.34. The molecule has 2 amide bonds. The molecule has 0 saturated carbocycles. The van der Waals surface area contributed by atoms with Gasteiger partial charge in [-0.3, -0.25) is 9.69 Å². The maximum absolute atomic E-state index is 13.4. The average molecular weight is 434 g/mol. The third-order valence-corrected chi connectivity index (χ3v) is 7.38. The van der Waals surface area contributed by atoms with E-state index in [1.54, 1.807) is 4.90 Å². The van der Waals surface area contributed by atoms with E-state index in [1.165, 1.54) is 11.1 Å². The minimum absolute atomic E-state index is 0.0751. The second-order valence-corrected chi connectivity index (χ2v) is 9.26. The van der Waals surface area contributed by atoms with Crippen molar-refractivity contribution in [3.8, 4) is 0 Å². The highest BCUT2D eigenvalue weighted by Crippen LogP contribution is 2.39. The van der Waals surface area contributed by atoms with Crippen molar-refractivity contribution in [1.29, 1.82) is 0 Å². The largest absolute Gasteiger partial charge is 0.445 e. The van der Waals surface area contributed by atoms with Gasteiger partial charge in [-0.1, -0.05) is 54.6 Å². The summed E-state index contributed by atoms with van der Waals surface area (Å²) < 4.78 is 5.52. The van der Waals surface area contributed by atoms with Crippen molar-refractivity contribution in [2.24, 2.45) is 0 Å². The van der Waals surface area contributed by atoms with Crippen LogP contribution in [0.15, 0.2) is 54.6 Å². The SMILES string of the molecule is O=C([C@@H]1CCCN1C(=O)OCc1ccccc1)N1CCC2(CC1)CNCc1ccccc12. The van der Waals surface area contributed by atoms with Crippen LogP contribution in [0.5, 0.6) is 0 Å². The molecule has 2 aromatic rings. The van der Waals surface area contributed by atoms with Gasteiger partial charge < -0.3 is 15.0 Å². The van der Waals surface area contributed by atoms with Gasteiger partial charge in [0.15, 0.2) is 0 Å². The first kappa shape index (κ1) is 21.0. The lowest BCUT2D eigenvalue weighted by Crippen LogP contribution is -2.55. The van der Waals surface area contributed by atoms with E-state index in [2.05, 4.69) is 29.6 Å². The molecule has 0 unspecified atom stereocenters. The van der Waals surface area contributed by atoms with Crippen molar-refractivity contribution in [3.63, 3.8) is 0 Å². The Morgan fingerprint density at radius 2 is 1.75 bits per heavy atom. The summed E-state index contributed by atoms with van der Waals surface area (Å²) in [5, 5.41) is 3.58. The van der Waals surface area contributed by atoms with Gasteiger partial charge in [-0.25, -0.2) is 4.79 Å². The lowest BCUT2D eigenvalue weighted by Gasteiger charge is -2.46. The molecular formula is C26H31N3O3. The van der Waals surface area contributed by atoms with Crippen LogP contribution in [0.25, 0.3) is 0 Å². The normalized spacial score (nSPS) is 21.9. The van der Waals surface area contributed by atoms with Crippen LogP contribution in [0, 0.1) is 0 Å². The predicted octanol–water partition coefficient (Wildman–Crippen LogP) is 3.45. The van der Waals surface area contributed by atoms with Crippen molar-refractivity contribution >= 4 is 12.0 Å². The van der Waals surface area contributed by atoms with E-state index in [-0.39, 0.29) is 24.0 Å². The molecule has 2 aromatic carbocycles. The Kier molecular flexibility index (Phi) is 5.87. The van der Waals surface area contributed by atoms with E-state index in [4.69, 9.17) is 4.74 Å². The molecule has 3 heterocycles. The van der Waals surface area contributed by atoms with E-state index in [0.717, 1.165) is 51.0 Å². The third-order valence-electron chi connectivity index (χ3n) is 7.38. The number of fused-ring (bicyclic) bond motifs is 2. The molecule has 6 nitrogen and oxygen atoms in total. The van der Waals surface area contributed by atoms with Crippen molar-refractivity contribution in [3.05, 3.63) is 71.3 Å². The Morgan fingerprint density at radius 3 is 2.56 bits per heavy atom. The van der Waals surface area contributed by atoms with Crippen LogP contribution in [0.1, 0.15) is 42.4 Å².